The van der Waals surface area contributed by atoms with Crippen LogP contribution in [-0.4, -0.2) is 49.8 Å². The van der Waals surface area contributed by atoms with Crippen LogP contribution in [0.15, 0.2) is 0 Å². The molecule has 0 radical (unpaired) electrons. The van der Waals surface area contributed by atoms with Crippen molar-refractivity contribution < 1.29 is 4.74 Å². The summed E-state index contributed by atoms with van der Waals surface area (Å²) in [6.45, 7) is 18.2. The fraction of sp³-hybridized carbons (Fsp3) is 1.00. The van der Waals surface area contributed by atoms with Crippen LogP contribution >= 0.6 is 0 Å². The van der Waals surface area contributed by atoms with Gasteiger partial charge in [0.05, 0.1) is 12.7 Å². The molecule has 0 heterocycles. The quantitative estimate of drug-likeness (QED) is 0.638. The highest BCUT2D eigenvalue weighted by Gasteiger charge is 2.14. The fourth-order valence-corrected chi connectivity index (χ4v) is 1.71. The monoisotopic (exact) mass is 244 g/mol. The summed E-state index contributed by atoms with van der Waals surface area (Å²) in [7, 11) is 0. The summed E-state index contributed by atoms with van der Waals surface area (Å²) in [6, 6.07) is 0.530. The Balaban J connectivity index is 3.84. The molecule has 0 amide bonds. The van der Waals surface area contributed by atoms with Crippen LogP contribution in [0, 0.1) is 5.92 Å². The zero-order valence-corrected chi connectivity index (χ0v) is 12.6. The van der Waals surface area contributed by atoms with Crippen LogP contribution in [-0.2, 0) is 4.74 Å². The second kappa shape index (κ2) is 9.86. The molecule has 0 aliphatic carbocycles. The van der Waals surface area contributed by atoms with E-state index in [0.29, 0.717) is 18.1 Å². The third-order valence-electron chi connectivity index (χ3n) is 3.10. The highest BCUT2D eigenvalue weighted by Crippen LogP contribution is 2.06. The van der Waals surface area contributed by atoms with Gasteiger partial charge in [-0.3, -0.25) is 0 Å². The standard InChI is InChI=1S/C14H32N2O/c1-7-16(8-2)9-10-17-14(12(3)4)11-15-13(5)6/h12-15H,7-11H2,1-6H3. The molecule has 1 unspecified atom stereocenters. The minimum absolute atomic E-state index is 0.327. The Hall–Kier alpha value is -0.120. The molecule has 1 N–H and O–H groups in total. The number of nitrogens with one attached hydrogen (secondary N) is 1. The van der Waals surface area contributed by atoms with Gasteiger partial charge in [0.15, 0.2) is 0 Å². The zero-order chi connectivity index (χ0) is 13.3. The number of rotatable bonds is 10. The lowest BCUT2D eigenvalue weighted by molar-refractivity contribution is 0.0112. The Morgan fingerprint density at radius 2 is 1.65 bits per heavy atom. The predicted octanol–water partition coefficient (Wildman–Crippen LogP) is 2.37. The van der Waals surface area contributed by atoms with Crippen molar-refractivity contribution in [3.05, 3.63) is 0 Å². The molecule has 0 fully saturated rings. The van der Waals surface area contributed by atoms with E-state index in [1.807, 2.05) is 0 Å². The van der Waals surface area contributed by atoms with Crippen molar-refractivity contribution in [3.8, 4) is 0 Å². The molecule has 0 aromatic rings. The first-order valence-corrected chi connectivity index (χ1v) is 7.08. The van der Waals surface area contributed by atoms with Crippen LogP contribution in [0.3, 0.4) is 0 Å². The summed E-state index contributed by atoms with van der Waals surface area (Å²) in [5, 5.41) is 3.45. The van der Waals surface area contributed by atoms with Crippen LogP contribution in [0.1, 0.15) is 41.5 Å². The maximum Gasteiger partial charge on any atom is 0.0723 e. The smallest absolute Gasteiger partial charge is 0.0723 e. The van der Waals surface area contributed by atoms with Crippen LogP contribution in [0.4, 0.5) is 0 Å². The summed E-state index contributed by atoms with van der Waals surface area (Å²) in [4.78, 5) is 2.40. The lowest BCUT2D eigenvalue weighted by atomic mass is 10.1. The van der Waals surface area contributed by atoms with Gasteiger partial charge in [-0.1, -0.05) is 41.5 Å². The second-order valence-electron chi connectivity index (χ2n) is 5.24. The molecule has 0 aliphatic rings. The van der Waals surface area contributed by atoms with Gasteiger partial charge < -0.3 is 15.0 Å². The average molecular weight is 244 g/mol. The minimum Gasteiger partial charge on any atom is -0.375 e. The van der Waals surface area contributed by atoms with E-state index in [9.17, 15) is 0 Å². The van der Waals surface area contributed by atoms with Gasteiger partial charge in [-0.2, -0.15) is 0 Å². The topological polar surface area (TPSA) is 24.5 Å². The number of hydrogen-bond donors (Lipinski definition) is 1. The largest absolute Gasteiger partial charge is 0.375 e. The van der Waals surface area contributed by atoms with E-state index >= 15 is 0 Å². The first-order chi connectivity index (χ1) is 8.01. The van der Waals surface area contributed by atoms with Gasteiger partial charge >= 0.3 is 0 Å². The van der Waals surface area contributed by atoms with E-state index in [2.05, 4.69) is 51.8 Å². The molecule has 3 nitrogen and oxygen atoms in total. The van der Waals surface area contributed by atoms with Crippen LogP contribution in [0.25, 0.3) is 0 Å². The summed E-state index contributed by atoms with van der Waals surface area (Å²) in [6.07, 6.45) is 0.327. The first-order valence-electron chi connectivity index (χ1n) is 7.08. The lowest BCUT2D eigenvalue weighted by Gasteiger charge is -2.25. The molecule has 0 aromatic heterocycles. The second-order valence-corrected chi connectivity index (χ2v) is 5.24. The van der Waals surface area contributed by atoms with Crippen molar-refractivity contribution in [2.24, 2.45) is 5.92 Å². The molecule has 0 bridgehead atoms. The molecule has 3 heteroatoms. The molecular weight excluding hydrogens is 212 g/mol. The maximum atomic E-state index is 5.98. The summed E-state index contributed by atoms with van der Waals surface area (Å²) in [5.74, 6) is 0.568. The molecule has 104 valence electrons. The number of ether oxygens (including phenoxy) is 1. The van der Waals surface area contributed by atoms with Crippen LogP contribution in [0.2, 0.25) is 0 Å². The van der Waals surface area contributed by atoms with Crippen molar-refractivity contribution in [3.63, 3.8) is 0 Å². The summed E-state index contributed by atoms with van der Waals surface area (Å²) >= 11 is 0. The molecule has 0 aromatic carbocycles. The van der Waals surface area contributed by atoms with Crippen molar-refractivity contribution in [1.82, 2.24) is 10.2 Å². The summed E-state index contributed by atoms with van der Waals surface area (Å²) < 4.78 is 5.98. The molecule has 0 saturated carbocycles. The minimum atomic E-state index is 0.327. The van der Waals surface area contributed by atoms with E-state index in [-0.39, 0.29) is 0 Å². The van der Waals surface area contributed by atoms with Gasteiger partial charge in [0.2, 0.25) is 0 Å². The Morgan fingerprint density at radius 1 is 1.06 bits per heavy atom. The Morgan fingerprint density at radius 3 is 2.06 bits per heavy atom. The SMILES string of the molecule is CCN(CC)CCOC(CNC(C)C)C(C)C. The van der Waals surface area contributed by atoms with Gasteiger partial charge in [0.1, 0.15) is 0 Å². The van der Waals surface area contributed by atoms with Crippen molar-refractivity contribution in [2.75, 3.05) is 32.8 Å². The van der Waals surface area contributed by atoms with E-state index in [1.165, 1.54) is 0 Å². The molecule has 0 rings (SSSR count). The normalized spacial score (nSPS) is 13.9. The van der Waals surface area contributed by atoms with Gasteiger partial charge in [-0.05, 0) is 19.0 Å². The van der Waals surface area contributed by atoms with Gasteiger partial charge in [-0.15, -0.1) is 0 Å². The maximum absolute atomic E-state index is 5.98. The van der Waals surface area contributed by atoms with Crippen molar-refractivity contribution in [2.45, 2.75) is 53.7 Å². The number of nitrogens with zero attached hydrogens (tertiary/aromatic N) is 1. The number of hydrogen-bond acceptors (Lipinski definition) is 3. The van der Waals surface area contributed by atoms with Gasteiger partial charge in [0.25, 0.3) is 0 Å². The van der Waals surface area contributed by atoms with Gasteiger partial charge in [-0.25, -0.2) is 0 Å². The Bertz CT molecular complexity index is 168. The van der Waals surface area contributed by atoms with E-state index < -0.39 is 0 Å². The lowest BCUT2D eigenvalue weighted by Crippen LogP contribution is -2.38. The van der Waals surface area contributed by atoms with E-state index in [1.54, 1.807) is 0 Å². The molecule has 1 atom stereocenters. The van der Waals surface area contributed by atoms with E-state index in [0.717, 1.165) is 32.8 Å². The average Bonchev–Trinajstić information content (AvgIpc) is 2.27. The predicted molar refractivity (Wildman–Crippen MR) is 75.5 cm³/mol. The third-order valence-corrected chi connectivity index (χ3v) is 3.10. The molecule has 17 heavy (non-hydrogen) atoms. The van der Waals surface area contributed by atoms with Crippen molar-refractivity contribution in [1.29, 1.82) is 0 Å². The molecule has 0 saturated heterocycles. The molecule has 0 aliphatic heterocycles. The molecular formula is C14H32N2O. The Kier molecular flexibility index (Phi) is 9.79. The molecule has 0 spiro atoms. The van der Waals surface area contributed by atoms with Gasteiger partial charge in [0, 0.05) is 19.1 Å². The van der Waals surface area contributed by atoms with E-state index in [4.69, 9.17) is 4.74 Å². The van der Waals surface area contributed by atoms with Crippen LogP contribution in [0.5, 0.6) is 0 Å². The zero-order valence-electron chi connectivity index (χ0n) is 12.6. The fourth-order valence-electron chi connectivity index (χ4n) is 1.71. The van der Waals surface area contributed by atoms with Crippen LogP contribution < -0.4 is 5.32 Å². The number of likely N-dealkylation sites (N-methyl/N-ethyl adjacent to an activating group) is 1. The highest BCUT2D eigenvalue weighted by molar-refractivity contribution is 4.68. The van der Waals surface area contributed by atoms with Crippen molar-refractivity contribution >= 4 is 0 Å². The highest BCUT2D eigenvalue weighted by atomic mass is 16.5. The summed E-state index contributed by atoms with van der Waals surface area (Å²) in [5.41, 5.74) is 0. The third kappa shape index (κ3) is 8.58. The Labute approximate surface area is 108 Å². The first kappa shape index (κ1) is 16.9.